The molecular weight excluding hydrogens is 618 g/mol. The molecule has 8 nitrogen and oxygen atoms in total. The van der Waals surface area contributed by atoms with Crippen molar-refractivity contribution in [3.63, 3.8) is 0 Å². The molecule has 40 heavy (non-hydrogen) atoms. The second-order valence-electron chi connectivity index (χ2n) is 9.23. The maximum atomic E-state index is 13.7. The normalized spacial score (nSPS) is 11.9. The molecule has 0 radical (unpaired) electrons. The Morgan fingerprint density at radius 1 is 1.02 bits per heavy atom. The van der Waals surface area contributed by atoms with E-state index >= 15 is 0 Å². The van der Waals surface area contributed by atoms with E-state index in [1.54, 1.807) is 24.1 Å². The minimum atomic E-state index is -3.66. The first kappa shape index (κ1) is 31.4. The van der Waals surface area contributed by atoms with Crippen molar-refractivity contribution >= 4 is 55.1 Å². The fourth-order valence-electron chi connectivity index (χ4n) is 4.37. The zero-order valence-corrected chi connectivity index (χ0v) is 25.8. The number of carbonyl (C=O) groups is 2. The van der Waals surface area contributed by atoms with Crippen LogP contribution < -0.4 is 14.4 Å². The SMILES string of the molecule is CNC(=O)C(Cc1ccccc1)N(Cc1cccc(Br)c1)C(=O)CCCN(c1ccc(OC)c(Cl)c1)S(C)(=O)=O. The number of halogens is 2. The molecule has 0 saturated heterocycles. The van der Waals surface area contributed by atoms with E-state index in [2.05, 4.69) is 21.2 Å². The third-order valence-electron chi connectivity index (χ3n) is 6.33. The molecule has 0 aliphatic rings. The van der Waals surface area contributed by atoms with Gasteiger partial charge in [-0.3, -0.25) is 13.9 Å². The van der Waals surface area contributed by atoms with Gasteiger partial charge in [-0.1, -0.05) is 70.0 Å². The van der Waals surface area contributed by atoms with Gasteiger partial charge in [0.15, 0.2) is 0 Å². The van der Waals surface area contributed by atoms with Crippen LogP contribution in [0.1, 0.15) is 24.0 Å². The van der Waals surface area contributed by atoms with Gasteiger partial charge in [-0.25, -0.2) is 8.42 Å². The number of hydrogen-bond acceptors (Lipinski definition) is 5. The van der Waals surface area contributed by atoms with E-state index in [0.717, 1.165) is 21.9 Å². The van der Waals surface area contributed by atoms with Crippen LogP contribution in [0, 0.1) is 0 Å². The van der Waals surface area contributed by atoms with Gasteiger partial charge in [-0.05, 0) is 47.9 Å². The van der Waals surface area contributed by atoms with E-state index < -0.39 is 16.1 Å². The predicted molar refractivity (Wildman–Crippen MR) is 162 cm³/mol. The number of amides is 2. The van der Waals surface area contributed by atoms with Crippen LogP contribution in [0.3, 0.4) is 0 Å². The standard InChI is InChI=1S/C29H33BrClN3O5S/c1-32-29(36)26(18-21-9-5-4-6-10-21)33(20-22-11-7-12-23(30)17-22)28(35)13-8-16-34(40(3,37)38)24-14-15-27(39-2)25(31)19-24/h4-7,9-12,14-15,17,19,26H,8,13,16,18,20H2,1-3H3,(H,32,36). The minimum Gasteiger partial charge on any atom is -0.495 e. The summed E-state index contributed by atoms with van der Waals surface area (Å²) < 4.78 is 32.5. The van der Waals surface area contributed by atoms with Gasteiger partial charge in [0.25, 0.3) is 0 Å². The van der Waals surface area contributed by atoms with Crippen LogP contribution in [0.15, 0.2) is 77.3 Å². The third-order valence-corrected chi connectivity index (χ3v) is 8.32. The summed E-state index contributed by atoms with van der Waals surface area (Å²) in [5.41, 5.74) is 2.15. The molecule has 0 heterocycles. The van der Waals surface area contributed by atoms with Gasteiger partial charge in [0.05, 0.1) is 24.1 Å². The highest BCUT2D eigenvalue weighted by molar-refractivity contribution is 9.10. The maximum Gasteiger partial charge on any atom is 0.242 e. The van der Waals surface area contributed by atoms with Crippen LogP contribution >= 0.6 is 27.5 Å². The first-order valence-electron chi connectivity index (χ1n) is 12.6. The Morgan fingerprint density at radius 2 is 1.73 bits per heavy atom. The van der Waals surface area contributed by atoms with Gasteiger partial charge < -0.3 is 15.0 Å². The largest absolute Gasteiger partial charge is 0.495 e. The molecule has 0 saturated carbocycles. The van der Waals surface area contributed by atoms with Crippen molar-refractivity contribution < 1.29 is 22.7 Å². The number of anilines is 1. The lowest BCUT2D eigenvalue weighted by Crippen LogP contribution is -2.49. The Morgan fingerprint density at radius 3 is 2.33 bits per heavy atom. The van der Waals surface area contributed by atoms with Crippen molar-refractivity contribution in [1.82, 2.24) is 10.2 Å². The summed E-state index contributed by atoms with van der Waals surface area (Å²) in [6.45, 7) is 0.272. The lowest BCUT2D eigenvalue weighted by atomic mass is 10.0. The summed E-state index contributed by atoms with van der Waals surface area (Å²) in [5, 5.41) is 2.97. The molecule has 0 bridgehead atoms. The van der Waals surface area contributed by atoms with Gasteiger partial charge in [0.1, 0.15) is 11.8 Å². The molecule has 0 spiro atoms. The van der Waals surface area contributed by atoms with Gasteiger partial charge in [-0.15, -0.1) is 0 Å². The van der Waals surface area contributed by atoms with Crippen molar-refractivity contribution in [3.05, 3.63) is 93.4 Å². The average Bonchev–Trinajstić information content (AvgIpc) is 2.92. The number of nitrogens with zero attached hydrogens (tertiary/aromatic N) is 2. The molecule has 214 valence electrons. The van der Waals surface area contributed by atoms with Gasteiger partial charge in [0.2, 0.25) is 21.8 Å². The Kier molecular flexibility index (Phi) is 11.4. The second-order valence-corrected chi connectivity index (χ2v) is 12.5. The average molecular weight is 651 g/mol. The Balaban J connectivity index is 1.85. The van der Waals surface area contributed by atoms with E-state index in [1.165, 1.54) is 17.5 Å². The van der Waals surface area contributed by atoms with E-state index in [0.29, 0.717) is 17.9 Å². The van der Waals surface area contributed by atoms with Crippen LogP contribution in [-0.4, -0.2) is 58.1 Å². The maximum absolute atomic E-state index is 13.7. The van der Waals surface area contributed by atoms with Crippen molar-refractivity contribution in [3.8, 4) is 5.75 Å². The molecule has 2 amide bonds. The molecule has 1 unspecified atom stereocenters. The monoisotopic (exact) mass is 649 g/mol. The van der Waals surface area contributed by atoms with Crippen LogP contribution in [0.25, 0.3) is 0 Å². The molecule has 0 aliphatic heterocycles. The van der Waals surface area contributed by atoms with Crippen molar-refractivity contribution in [2.45, 2.75) is 31.8 Å². The van der Waals surface area contributed by atoms with Crippen molar-refractivity contribution in [2.24, 2.45) is 0 Å². The summed E-state index contributed by atoms with van der Waals surface area (Å²) in [5.74, 6) is -0.112. The van der Waals surface area contributed by atoms with E-state index in [9.17, 15) is 18.0 Å². The second kappa shape index (κ2) is 14.5. The summed E-state index contributed by atoms with van der Waals surface area (Å²) in [6, 6.07) is 21.0. The first-order chi connectivity index (χ1) is 19.0. The quantitative estimate of drug-likeness (QED) is 0.280. The highest BCUT2D eigenvalue weighted by atomic mass is 79.9. The molecule has 0 fully saturated rings. The highest BCUT2D eigenvalue weighted by Gasteiger charge is 2.30. The smallest absolute Gasteiger partial charge is 0.242 e. The molecule has 1 atom stereocenters. The number of nitrogens with one attached hydrogen (secondary N) is 1. The minimum absolute atomic E-state index is 0.0339. The molecule has 3 aromatic carbocycles. The number of carbonyl (C=O) groups excluding carboxylic acids is 2. The van der Waals surface area contributed by atoms with Crippen LogP contribution in [-0.2, 0) is 32.6 Å². The van der Waals surface area contributed by atoms with Gasteiger partial charge in [0, 0.05) is 37.5 Å². The molecule has 1 N–H and O–H groups in total. The number of benzene rings is 3. The Hall–Kier alpha value is -3.08. The lowest BCUT2D eigenvalue weighted by molar-refractivity contribution is -0.141. The molecule has 3 aromatic rings. The Labute approximate surface area is 249 Å². The lowest BCUT2D eigenvalue weighted by Gasteiger charge is -2.31. The molecule has 11 heteroatoms. The summed E-state index contributed by atoms with van der Waals surface area (Å²) >= 11 is 9.71. The molecule has 0 aromatic heterocycles. The van der Waals surface area contributed by atoms with E-state index in [-0.39, 0.29) is 42.8 Å². The number of methoxy groups -OCH3 is 1. The van der Waals surface area contributed by atoms with E-state index in [1.807, 2.05) is 54.6 Å². The molecule has 3 rings (SSSR count). The number of ether oxygens (including phenoxy) is 1. The molecule has 0 aliphatic carbocycles. The van der Waals surface area contributed by atoms with Crippen molar-refractivity contribution in [2.75, 3.05) is 31.3 Å². The summed E-state index contributed by atoms with van der Waals surface area (Å²) in [7, 11) is -0.636. The fourth-order valence-corrected chi connectivity index (χ4v) is 6.02. The fraction of sp³-hybridized carbons (Fsp3) is 0.310. The number of sulfonamides is 1. The van der Waals surface area contributed by atoms with Crippen LogP contribution in [0.4, 0.5) is 5.69 Å². The summed E-state index contributed by atoms with van der Waals surface area (Å²) in [6.07, 6.45) is 1.70. The topological polar surface area (TPSA) is 96.0 Å². The van der Waals surface area contributed by atoms with Gasteiger partial charge in [-0.2, -0.15) is 0 Å². The Bertz CT molecular complexity index is 1420. The molecular formula is C29H33BrClN3O5S. The highest BCUT2D eigenvalue weighted by Crippen LogP contribution is 2.30. The zero-order valence-electron chi connectivity index (χ0n) is 22.6. The number of likely N-dealkylation sites (N-methyl/N-ethyl adjacent to an activating group) is 1. The first-order valence-corrected chi connectivity index (χ1v) is 15.7. The number of rotatable bonds is 13. The van der Waals surface area contributed by atoms with Crippen LogP contribution in [0.5, 0.6) is 5.75 Å². The third kappa shape index (κ3) is 8.71. The van der Waals surface area contributed by atoms with E-state index in [4.69, 9.17) is 16.3 Å². The van der Waals surface area contributed by atoms with Crippen LogP contribution in [0.2, 0.25) is 5.02 Å². The van der Waals surface area contributed by atoms with Gasteiger partial charge >= 0.3 is 0 Å². The zero-order chi connectivity index (χ0) is 29.3. The predicted octanol–water partition coefficient (Wildman–Crippen LogP) is 5.04. The number of hydrogen-bond donors (Lipinski definition) is 1. The van der Waals surface area contributed by atoms with Crippen molar-refractivity contribution in [1.29, 1.82) is 0 Å². The summed E-state index contributed by atoms with van der Waals surface area (Å²) in [4.78, 5) is 28.4.